The average Bonchev–Trinajstić information content (AvgIpc) is 2.57. The topological polar surface area (TPSA) is 73.6 Å². The van der Waals surface area contributed by atoms with Crippen LogP contribution in [0.3, 0.4) is 0 Å². The first-order chi connectivity index (χ1) is 11.2. The molecule has 0 radical (unpaired) electrons. The highest BCUT2D eigenvalue weighted by atomic mass is 35.5. The Morgan fingerprint density at radius 3 is 2.38 bits per heavy atom. The van der Waals surface area contributed by atoms with Crippen LogP contribution in [0.15, 0.2) is 54.6 Å². The van der Waals surface area contributed by atoms with E-state index in [2.05, 4.69) is 5.32 Å². The van der Waals surface area contributed by atoms with Gasteiger partial charge in [-0.2, -0.15) is 0 Å². The van der Waals surface area contributed by atoms with Crippen LogP contribution in [0.1, 0.15) is 5.56 Å². The molecule has 0 fully saturated rings. The normalized spacial score (nSPS) is 11.2. The Labute approximate surface area is 148 Å². The van der Waals surface area contributed by atoms with Gasteiger partial charge >= 0.3 is 0 Å². The molecule has 0 heterocycles. The summed E-state index contributed by atoms with van der Waals surface area (Å²) in [6.45, 7) is 1.02. The van der Waals surface area contributed by atoms with Crippen LogP contribution in [0.5, 0.6) is 5.75 Å². The van der Waals surface area contributed by atoms with Crippen molar-refractivity contribution >= 4 is 24.0 Å². The van der Waals surface area contributed by atoms with E-state index in [1.807, 2.05) is 30.3 Å². The number of nitrogens with two attached hydrogens (primary N) is 1. The monoisotopic (exact) mass is 350 g/mol. The molecule has 1 atom stereocenters. The van der Waals surface area contributed by atoms with Gasteiger partial charge in [0, 0.05) is 12.8 Å². The molecule has 0 aliphatic carbocycles. The van der Waals surface area contributed by atoms with Gasteiger partial charge in [0.1, 0.15) is 12.4 Å². The molecule has 2 aromatic carbocycles. The second-order valence-corrected chi connectivity index (χ2v) is 5.15. The average molecular weight is 351 g/mol. The summed E-state index contributed by atoms with van der Waals surface area (Å²) >= 11 is 0. The van der Waals surface area contributed by atoms with E-state index in [1.54, 1.807) is 31.4 Å². The van der Waals surface area contributed by atoms with Gasteiger partial charge in [-0.15, -0.1) is 12.4 Å². The van der Waals surface area contributed by atoms with Crippen molar-refractivity contribution in [2.75, 3.05) is 25.6 Å². The number of ether oxygens (including phenoxy) is 2. The first-order valence-corrected chi connectivity index (χ1v) is 7.51. The lowest BCUT2D eigenvalue weighted by Crippen LogP contribution is -2.37. The van der Waals surface area contributed by atoms with Crippen LogP contribution in [0.25, 0.3) is 0 Å². The lowest BCUT2D eigenvalue weighted by Gasteiger charge is -2.13. The zero-order valence-electron chi connectivity index (χ0n) is 13.6. The third kappa shape index (κ3) is 6.58. The Balaban J connectivity index is 0.00000288. The molecule has 6 heteroatoms. The summed E-state index contributed by atoms with van der Waals surface area (Å²) in [4.78, 5) is 12.1. The summed E-state index contributed by atoms with van der Waals surface area (Å²) in [6, 6.07) is 16.3. The molecule has 2 rings (SSSR count). The molecule has 0 unspecified atom stereocenters. The van der Waals surface area contributed by atoms with Crippen LogP contribution in [0, 0.1) is 0 Å². The summed E-state index contributed by atoms with van der Waals surface area (Å²) in [6.07, 6.45) is 0.505. The van der Waals surface area contributed by atoms with Gasteiger partial charge in [-0.25, -0.2) is 0 Å². The van der Waals surface area contributed by atoms with Crippen molar-refractivity contribution in [1.82, 2.24) is 0 Å². The minimum Gasteiger partial charge on any atom is -0.491 e. The smallest absolute Gasteiger partial charge is 0.241 e. The molecule has 5 nitrogen and oxygen atoms in total. The fourth-order valence-electron chi connectivity index (χ4n) is 2.07. The van der Waals surface area contributed by atoms with Crippen molar-refractivity contribution in [3.8, 4) is 5.75 Å². The molecule has 0 saturated heterocycles. The molecule has 3 N–H and O–H groups in total. The van der Waals surface area contributed by atoms with Crippen molar-refractivity contribution in [3.63, 3.8) is 0 Å². The van der Waals surface area contributed by atoms with E-state index >= 15 is 0 Å². The second kappa shape index (κ2) is 10.6. The summed E-state index contributed by atoms with van der Waals surface area (Å²) in [5, 5.41) is 2.81. The maximum Gasteiger partial charge on any atom is 0.241 e. The van der Waals surface area contributed by atoms with E-state index in [4.69, 9.17) is 15.2 Å². The van der Waals surface area contributed by atoms with E-state index in [0.717, 1.165) is 11.3 Å². The number of carbonyl (C=O) groups is 1. The van der Waals surface area contributed by atoms with Crippen molar-refractivity contribution in [1.29, 1.82) is 0 Å². The fourth-order valence-corrected chi connectivity index (χ4v) is 2.07. The maximum absolute atomic E-state index is 12.1. The molecule has 0 spiro atoms. The van der Waals surface area contributed by atoms with Crippen LogP contribution in [-0.4, -0.2) is 32.3 Å². The van der Waals surface area contributed by atoms with Crippen LogP contribution >= 0.6 is 12.4 Å². The van der Waals surface area contributed by atoms with Crippen molar-refractivity contribution in [2.24, 2.45) is 5.73 Å². The summed E-state index contributed by atoms with van der Waals surface area (Å²) in [7, 11) is 1.63. The molecular weight excluding hydrogens is 328 g/mol. The predicted molar refractivity (Wildman–Crippen MR) is 97.8 cm³/mol. The SMILES string of the molecule is COCCOc1ccc(NC(=O)[C@@H](N)Cc2ccccc2)cc1.Cl. The first kappa shape index (κ1) is 20.0. The number of anilines is 1. The molecule has 0 aliphatic heterocycles. The van der Waals surface area contributed by atoms with E-state index in [0.29, 0.717) is 25.3 Å². The second-order valence-electron chi connectivity index (χ2n) is 5.15. The van der Waals surface area contributed by atoms with Gasteiger partial charge in [-0.05, 0) is 36.2 Å². The highest BCUT2D eigenvalue weighted by Gasteiger charge is 2.14. The van der Waals surface area contributed by atoms with Crippen LogP contribution in [0.2, 0.25) is 0 Å². The summed E-state index contributed by atoms with van der Waals surface area (Å²) < 4.78 is 10.4. The quantitative estimate of drug-likeness (QED) is 0.718. The Kier molecular flexibility index (Phi) is 8.86. The minimum atomic E-state index is -0.588. The number of methoxy groups -OCH3 is 1. The molecule has 0 saturated carbocycles. The van der Waals surface area contributed by atoms with E-state index in [-0.39, 0.29) is 18.3 Å². The highest BCUT2D eigenvalue weighted by Crippen LogP contribution is 2.16. The summed E-state index contributed by atoms with van der Waals surface area (Å²) in [5.74, 6) is 0.524. The molecule has 24 heavy (non-hydrogen) atoms. The van der Waals surface area contributed by atoms with E-state index in [9.17, 15) is 4.79 Å². The Hall–Kier alpha value is -2.08. The summed E-state index contributed by atoms with van der Waals surface area (Å²) in [5.41, 5.74) is 7.69. The lowest BCUT2D eigenvalue weighted by atomic mass is 10.1. The van der Waals surface area contributed by atoms with Gasteiger partial charge in [0.25, 0.3) is 0 Å². The third-order valence-electron chi connectivity index (χ3n) is 3.31. The Bertz CT molecular complexity index is 605. The maximum atomic E-state index is 12.1. The third-order valence-corrected chi connectivity index (χ3v) is 3.31. The number of hydrogen-bond acceptors (Lipinski definition) is 4. The number of rotatable bonds is 8. The van der Waals surface area contributed by atoms with Gasteiger partial charge in [0.2, 0.25) is 5.91 Å². The van der Waals surface area contributed by atoms with Crippen LogP contribution in [-0.2, 0) is 16.0 Å². The van der Waals surface area contributed by atoms with E-state index < -0.39 is 6.04 Å². The number of halogens is 1. The molecular formula is C18H23ClN2O3. The highest BCUT2D eigenvalue weighted by molar-refractivity contribution is 5.94. The largest absolute Gasteiger partial charge is 0.491 e. The zero-order valence-corrected chi connectivity index (χ0v) is 14.4. The Morgan fingerprint density at radius 2 is 1.75 bits per heavy atom. The molecule has 0 bridgehead atoms. The fraction of sp³-hybridized carbons (Fsp3) is 0.278. The standard InChI is InChI=1S/C18H22N2O3.ClH/c1-22-11-12-23-16-9-7-15(8-10-16)20-18(21)17(19)13-14-5-3-2-4-6-14;/h2-10,17H,11-13,19H2,1H3,(H,20,21);1H/t17-;/m0./s1. The predicted octanol–water partition coefficient (Wildman–Crippen LogP) is 2.64. The molecule has 130 valence electrons. The van der Waals surface area contributed by atoms with Gasteiger partial charge in [0.15, 0.2) is 0 Å². The molecule has 0 aliphatic rings. The first-order valence-electron chi connectivity index (χ1n) is 7.51. The van der Waals surface area contributed by atoms with Gasteiger partial charge in [-0.1, -0.05) is 30.3 Å². The zero-order chi connectivity index (χ0) is 16.5. The number of amides is 1. The van der Waals surface area contributed by atoms with Gasteiger partial charge in [-0.3, -0.25) is 4.79 Å². The molecule has 2 aromatic rings. The van der Waals surface area contributed by atoms with Crippen LogP contribution < -0.4 is 15.8 Å². The molecule has 0 aromatic heterocycles. The number of carbonyl (C=O) groups excluding carboxylic acids is 1. The molecule has 1 amide bonds. The Morgan fingerprint density at radius 1 is 1.08 bits per heavy atom. The number of nitrogens with one attached hydrogen (secondary N) is 1. The minimum absolute atomic E-state index is 0. The van der Waals surface area contributed by atoms with Crippen molar-refractivity contribution in [2.45, 2.75) is 12.5 Å². The lowest BCUT2D eigenvalue weighted by molar-refractivity contribution is -0.117. The number of hydrogen-bond donors (Lipinski definition) is 2. The van der Waals surface area contributed by atoms with Crippen LogP contribution in [0.4, 0.5) is 5.69 Å². The van der Waals surface area contributed by atoms with Crippen molar-refractivity contribution < 1.29 is 14.3 Å². The van der Waals surface area contributed by atoms with Crippen molar-refractivity contribution in [3.05, 3.63) is 60.2 Å². The van der Waals surface area contributed by atoms with Gasteiger partial charge in [0.05, 0.1) is 12.6 Å². The van der Waals surface area contributed by atoms with Gasteiger partial charge < -0.3 is 20.5 Å². The van der Waals surface area contributed by atoms with E-state index in [1.165, 1.54) is 0 Å². The number of benzene rings is 2.